The lowest BCUT2D eigenvalue weighted by molar-refractivity contribution is 0.302. The van der Waals surface area contributed by atoms with Crippen LogP contribution >= 0.6 is 0 Å². The van der Waals surface area contributed by atoms with Crippen LogP contribution in [0.2, 0.25) is 0 Å². The predicted molar refractivity (Wildman–Crippen MR) is 131 cm³/mol. The third kappa shape index (κ3) is 5.74. The van der Waals surface area contributed by atoms with Crippen molar-refractivity contribution in [2.24, 2.45) is 0 Å². The Kier molecular flexibility index (Phi) is 7.01. The molecule has 4 aromatic rings. The van der Waals surface area contributed by atoms with Gasteiger partial charge in [-0.1, -0.05) is 90.5 Å². The smallest absolute Gasteiger partial charge is 0.124 e. The van der Waals surface area contributed by atoms with Crippen LogP contribution in [-0.2, 0) is 19.6 Å². The van der Waals surface area contributed by atoms with Crippen LogP contribution in [0.25, 0.3) is 10.8 Å². The normalized spacial score (nSPS) is 12.1. The van der Waals surface area contributed by atoms with Gasteiger partial charge < -0.3 is 10.1 Å². The first kappa shape index (κ1) is 21.1. The molecule has 0 saturated heterocycles. The Bertz CT molecular complexity index is 1100. The third-order valence-electron chi connectivity index (χ3n) is 5.85. The number of fused-ring (bicyclic) bond motifs is 1. The Morgan fingerprint density at radius 1 is 0.774 bits per heavy atom. The molecule has 2 nitrogen and oxygen atoms in total. The summed E-state index contributed by atoms with van der Waals surface area (Å²) in [6.45, 7) is 5.74. The molecule has 0 amide bonds. The maximum absolute atomic E-state index is 6.29. The molecule has 0 bridgehead atoms. The van der Waals surface area contributed by atoms with Gasteiger partial charge >= 0.3 is 0 Å². The first-order valence-electron chi connectivity index (χ1n) is 11.2. The van der Waals surface area contributed by atoms with Crippen molar-refractivity contribution >= 4 is 10.8 Å². The van der Waals surface area contributed by atoms with Crippen LogP contribution in [-0.4, -0.2) is 6.04 Å². The molecule has 0 heterocycles. The monoisotopic (exact) mass is 409 g/mol. The van der Waals surface area contributed by atoms with E-state index in [1.807, 2.05) is 0 Å². The molecule has 0 aromatic heterocycles. The third-order valence-corrected chi connectivity index (χ3v) is 5.85. The second-order valence-electron chi connectivity index (χ2n) is 8.34. The molecular weight excluding hydrogens is 378 g/mol. The molecule has 0 aliphatic heterocycles. The molecule has 4 rings (SSSR count). The number of aryl methyl sites for hydroxylation is 2. The highest BCUT2D eigenvalue weighted by molar-refractivity contribution is 5.87. The van der Waals surface area contributed by atoms with E-state index in [4.69, 9.17) is 4.74 Å². The van der Waals surface area contributed by atoms with E-state index in [2.05, 4.69) is 110 Å². The molecule has 2 heteroatoms. The molecule has 1 atom stereocenters. The lowest BCUT2D eigenvalue weighted by Gasteiger charge is -2.18. The zero-order valence-corrected chi connectivity index (χ0v) is 18.5. The molecule has 0 radical (unpaired) electrons. The van der Waals surface area contributed by atoms with Crippen LogP contribution < -0.4 is 10.1 Å². The van der Waals surface area contributed by atoms with E-state index in [1.54, 1.807) is 0 Å². The summed E-state index contributed by atoms with van der Waals surface area (Å²) in [6, 6.07) is 32.5. The van der Waals surface area contributed by atoms with Gasteiger partial charge in [0.2, 0.25) is 0 Å². The average molecular weight is 410 g/mol. The number of ether oxygens (including phenoxy) is 1. The van der Waals surface area contributed by atoms with Crippen molar-refractivity contribution in [1.82, 2.24) is 5.32 Å². The van der Waals surface area contributed by atoms with Crippen molar-refractivity contribution < 1.29 is 4.74 Å². The van der Waals surface area contributed by atoms with E-state index in [0.29, 0.717) is 12.6 Å². The summed E-state index contributed by atoms with van der Waals surface area (Å²) in [5.74, 6) is 0.960. The number of nitrogens with one attached hydrogen (secondary N) is 1. The maximum atomic E-state index is 6.29. The number of rotatable bonds is 9. The largest absolute Gasteiger partial charge is 0.489 e. The highest BCUT2D eigenvalue weighted by Gasteiger charge is 2.11. The first-order valence-corrected chi connectivity index (χ1v) is 11.2. The number of hydrogen-bond acceptors (Lipinski definition) is 2. The Morgan fingerprint density at radius 2 is 1.52 bits per heavy atom. The zero-order chi connectivity index (χ0) is 21.5. The Hall–Kier alpha value is -3.10. The zero-order valence-electron chi connectivity index (χ0n) is 18.5. The standard InChI is InChI=1S/C29H31NO/c1-22-12-15-25(16-13-22)21-31-29-19-18-26-10-6-7-11-27(26)28(29)20-30-23(2)14-17-24-8-4-3-5-9-24/h3-13,15-16,18-19,23,30H,14,17,20-21H2,1-2H3/t23-/m1/s1. The first-order chi connectivity index (χ1) is 15.2. The van der Waals surface area contributed by atoms with Crippen LogP contribution in [0.15, 0.2) is 91.0 Å². The van der Waals surface area contributed by atoms with Crippen LogP contribution in [0.1, 0.15) is 35.6 Å². The van der Waals surface area contributed by atoms with Gasteiger partial charge in [-0.25, -0.2) is 0 Å². The number of benzene rings is 4. The molecular formula is C29H31NO. The van der Waals surface area contributed by atoms with Crippen LogP contribution in [0.5, 0.6) is 5.75 Å². The summed E-state index contributed by atoms with van der Waals surface area (Å²) in [5.41, 5.74) is 5.08. The number of hydrogen-bond donors (Lipinski definition) is 1. The van der Waals surface area contributed by atoms with Crippen LogP contribution in [0, 0.1) is 6.92 Å². The molecule has 0 fully saturated rings. The van der Waals surface area contributed by atoms with Crippen molar-refractivity contribution in [3.63, 3.8) is 0 Å². The minimum atomic E-state index is 0.420. The van der Waals surface area contributed by atoms with Crippen molar-refractivity contribution in [2.45, 2.75) is 45.9 Å². The molecule has 1 N–H and O–H groups in total. The van der Waals surface area contributed by atoms with E-state index in [1.165, 1.54) is 33.0 Å². The van der Waals surface area contributed by atoms with Crippen molar-refractivity contribution in [3.05, 3.63) is 113 Å². The van der Waals surface area contributed by atoms with E-state index < -0.39 is 0 Å². The topological polar surface area (TPSA) is 21.3 Å². The predicted octanol–water partition coefficient (Wildman–Crippen LogP) is 6.84. The summed E-state index contributed by atoms with van der Waals surface area (Å²) >= 11 is 0. The molecule has 0 spiro atoms. The van der Waals surface area contributed by atoms with Gasteiger partial charge in [-0.15, -0.1) is 0 Å². The van der Waals surface area contributed by atoms with E-state index in [0.717, 1.165) is 25.1 Å². The van der Waals surface area contributed by atoms with Crippen molar-refractivity contribution in [3.8, 4) is 5.75 Å². The lowest BCUT2D eigenvalue weighted by atomic mass is 10.0. The fourth-order valence-corrected chi connectivity index (χ4v) is 3.89. The van der Waals surface area contributed by atoms with Gasteiger partial charge in [0.25, 0.3) is 0 Å². The van der Waals surface area contributed by atoms with Crippen molar-refractivity contribution in [2.75, 3.05) is 0 Å². The summed E-state index contributed by atoms with van der Waals surface area (Å²) in [5, 5.41) is 6.23. The highest BCUT2D eigenvalue weighted by Crippen LogP contribution is 2.29. The average Bonchev–Trinajstić information content (AvgIpc) is 2.82. The summed E-state index contributed by atoms with van der Waals surface area (Å²) < 4.78 is 6.29. The molecule has 31 heavy (non-hydrogen) atoms. The summed E-state index contributed by atoms with van der Waals surface area (Å²) in [6.07, 6.45) is 2.19. The SMILES string of the molecule is Cc1ccc(COc2ccc3ccccc3c2CN[C@H](C)CCc2ccccc2)cc1. The fourth-order valence-electron chi connectivity index (χ4n) is 3.89. The van der Waals surface area contributed by atoms with Crippen LogP contribution in [0.4, 0.5) is 0 Å². The Labute approximate surface area is 185 Å². The molecule has 0 aliphatic rings. The molecule has 0 aliphatic carbocycles. The van der Waals surface area contributed by atoms with E-state index in [9.17, 15) is 0 Å². The molecule has 4 aromatic carbocycles. The van der Waals surface area contributed by atoms with Gasteiger partial charge in [-0.3, -0.25) is 0 Å². The van der Waals surface area contributed by atoms with Crippen molar-refractivity contribution in [1.29, 1.82) is 0 Å². The van der Waals surface area contributed by atoms with Gasteiger partial charge in [0.1, 0.15) is 12.4 Å². The van der Waals surface area contributed by atoms with Gasteiger partial charge in [0.05, 0.1) is 0 Å². The summed E-state index contributed by atoms with van der Waals surface area (Å²) in [4.78, 5) is 0. The Morgan fingerprint density at radius 3 is 2.32 bits per heavy atom. The second-order valence-corrected chi connectivity index (χ2v) is 8.34. The van der Waals surface area contributed by atoms with Gasteiger partial charge in [-0.05, 0) is 54.7 Å². The lowest BCUT2D eigenvalue weighted by Crippen LogP contribution is -2.26. The van der Waals surface area contributed by atoms with Gasteiger partial charge in [0.15, 0.2) is 0 Å². The minimum Gasteiger partial charge on any atom is -0.489 e. The van der Waals surface area contributed by atoms with Gasteiger partial charge in [0, 0.05) is 18.2 Å². The second kappa shape index (κ2) is 10.3. The van der Waals surface area contributed by atoms with Crippen LogP contribution in [0.3, 0.4) is 0 Å². The van der Waals surface area contributed by atoms with E-state index in [-0.39, 0.29) is 0 Å². The minimum absolute atomic E-state index is 0.420. The Balaban J connectivity index is 1.46. The maximum Gasteiger partial charge on any atom is 0.124 e. The molecule has 0 unspecified atom stereocenters. The molecule has 0 saturated carbocycles. The van der Waals surface area contributed by atoms with Gasteiger partial charge in [-0.2, -0.15) is 0 Å². The molecule has 158 valence electrons. The fraction of sp³-hybridized carbons (Fsp3) is 0.241. The van der Waals surface area contributed by atoms with E-state index >= 15 is 0 Å². The highest BCUT2D eigenvalue weighted by atomic mass is 16.5. The quantitative estimate of drug-likeness (QED) is 0.327. The summed E-state index contributed by atoms with van der Waals surface area (Å²) in [7, 11) is 0.